The molecule has 2 aliphatic carbocycles. The van der Waals surface area contributed by atoms with Gasteiger partial charge in [-0.15, -0.1) is 0 Å². The molecule has 0 amide bonds. The number of fused-ring (bicyclic) bond motifs is 2. The minimum Gasteiger partial charge on any atom is -0.210 e. The predicted molar refractivity (Wildman–Crippen MR) is 84.7 cm³/mol. The highest BCUT2D eigenvalue weighted by atomic mass is 14.3. The third-order valence-electron chi connectivity index (χ3n) is 5.53. The summed E-state index contributed by atoms with van der Waals surface area (Å²) in [4.78, 5) is 0. The number of aryl methyl sites for hydroxylation is 3. The van der Waals surface area contributed by atoms with Crippen molar-refractivity contribution in [3.63, 3.8) is 0 Å². The number of hydrogen-bond acceptors (Lipinski definition) is 0. The van der Waals surface area contributed by atoms with Crippen LogP contribution < -0.4 is 0 Å². The normalized spacial score (nSPS) is 21.5. The van der Waals surface area contributed by atoms with Gasteiger partial charge in [0.05, 0.1) is 0 Å². The van der Waals surface area contributed by atoms with E-state index in [0.717, 1.165) is 5.92 Å². The number of rotatable bonds is 3. The first kappa shape index (κ1) is 12.4. The molecule has 4 rings (SSSR count). The van der Waals surface area contributed by atoms with E-state index in [1.807, 2.05) is 0 Å². The van der Waals surface area contributed by atoms with Gasteiger partial charge in [-0.1, -0.05) is 51.4 Å². The zero-order chi connectivity index (χ0) is 13.4. The van der Waals surface area contributed by atoms with E-state index >= 15 is 0 Å². The van der Waals surface area contributed by atoms with E-state index < -0.39 is 0 Å². The minimum atomic E-state index is 0.822. The molecule has 0 saturated heterocycles. The van der Waals surface area contributed by atoms with E-state index in [4.69, 9.17) is 0 Å². The molecule has 106 valence electrons. The maximum absolute atomic E-state index is 2.42. The highest BCUT2D eigenvalue weighted by Gasteiger charge is 2.15. The second kappa shape index (κ2) is 5.24. The molecule has 0 N–H and O–H groups in total. The molecular formula is C20H24-2. The summed E-state index contributed by atoms with van der Waals surface area (Å²) in [7, 11) is 0. The first-order valence-electron chi connectivity index (χ1n) is 8.42. The monoisotopic (exact) mass is 264 g/mol. The van der Waals surface area contributed by atoms with Gasteiger partial charge in [-0.2, -0.15) is 46.0 Å². The molecule has 0 heterocycles. The Morgan fingerprint density at radius 3 is 2.95 bits per heavy atom. The molecule has 0 nitrogen and oxygen atoms in total. The van der Waals surface area contributed by atoms with Crippen LogP contribution in [0.1, 0.15) is 65.8 Å². The van der Waals surface area contributed by atoms with Crippen molar-refractivity contribution in [2.45, 2.75) is 63.7 Å². The SMILES string of the molecule is c1cc2c([cH-]1)[C@H](CC[c-]1ccc3c1CCCC3)CCC2. The number of hydrogen-bond donors (Lipinski definition) is 0. The Kier molecular flexibility index (Phi) is 3.26. The van der Waals surface area contributed by atoms with Crippen LogP contribution >= 0.6 is 0 Å². The lowest BCUT2D eigenvalue weighted by Gasteiger charge is -2.29. The second-order valence-corrected chi connectivity index (χ2v) is 6.70. The van der Waals surface area contributed by atoms with Gasteiger partial charge < -0.3 is 0 Å². The van der Waals surface area contributed by atoms with Crippen LogP contribution in [-0.4, -0.2) is 0 Å². The molecule has 0 bridgehead atoms. The maximum Gasteiger partial charge on any atom is -0.0400 e. The van der Waals surface area contributed by atoms with E-state index in [-0.39, 0.29) is 0 Å². The molecule has 20 heavy (non-hydrogen) atoms. The summed E-state index contributed by atoms with van der Waals surface area (Å²) in [5.41, 5.74) is 8.33. The van der Waals surface area contributed by atoms with Gasteiger partial charge in [0.15, 0.2) is 0 Å². The van der Waals surface area contributed by atoms with Crippen LogP contribution in [0.25, 0.3) is 0 Å². The first-order chi connectivity index (χ1) is 9.92. The van der Waals surface area contributed by atoms with Crippen molar-refractivity contribution < 1.29 is 0 Å². The van der Waals surface area contributed by atoms with E-state index in [1.165, 1.54) is 57.8 Å². The van der Waals surface area contributed by atoms with Crippen molar-refractivity contribution in [3.8, 4) is 0 Å². The summed E-state index contributed by atoms with van der Waals surface area (Å²) in [6.45, 7) is 0. The van der Waals surface area contributed by atoms with Gasteiger partial charge in [0.1, 0.15) is 0 Å². The second-order valence-electron chi connectivity index (χ2n) is 6.70. The Bertz CT molecular complexity index is 581. The molecule has 0 heteroatoms. The molecular weight excluding hydrogens is 240 g/mol. The topological polar surface area (TPSA) is 0 Å². The predicted octanol–water partition coefficient (Wildman–Crippen LogP) is 5.06. The van der Waals surface area contributed by atoms with Crippen molar-refractivity contribution in [2.24, 2.45) is 0 Å². The third-order valence-corrected chi connectivity index (χ3v) is 5.53. The van der Waals surface area contributed by atoms with Crippen LogP contribution in [0.15, 0.2) is 30.3 Å². The molecule has 0 spiro atoms. The average Bonchev–Trinajstić information content (AvgIpc) is 3.12. The fourth-order valence-corrected chi connectivity index (χ4v) is 4.44. The molecule has 1 atom stereocenters. The quantitative estimate of drug-likeness (QED) is 0.680. The third kappa shape index (κ3) is 2.16. The first-order valence-corrected chi connectivity index (χ1v) is 8.42. The minimum absolute atomic E-state index is 0.822. The van der Waals surface area contributed by atoms with Crippen molar-refractivity contribution in [3.05, 3.63) is 58.1 Å². The standard InChI is InChI=1S/C20H24/c1-2-9-19-16(5-1)11-13-18(19)14-12-17-7-3-6-15-8-4-10-20(15)17/h4,8,10-11,13,17H,1-3,5-7,9,12,14H2/q-2/t17-/m0/s1. The Labute approximate surface area is 122 Å². The molecule has 0 saturated carbocycles. The Morgan fingerprint density at radius 2 is 1.95 bits per heavy atom. The van der Waals surface area contributed by atoms with Crippen LogP contribution in [0, 0.1) is 0 Å². The van der Waals surface area contributed by atoms with Gasteiger partial charge in [0.25, 0.3) is 0 Å². The Hall–Kier alpha value is -1.30. The lowest BCUT2D eigenvalue weighted by Crippen LogP contribution is -2.09. The summed E-state index contributed by atoms with van der Waals surface area (Å²) in [5, 5.41) is 0. The summed E-state index contributed by atoms with van der Waals surface area (Å²) in [6, 6.07) is 11.8. The van der Waals surface area contributed by atoms with E-state index in [2.05, 4.69) is 30.3 Å². The molecule has 2 aromatic rings. The van der Waals surface area contributed by atoms with E-state index in [9.17, 15) is 0 Å². The van der Waals surface area contributed by atoms with E-state index in [1.54, 1.807) is 27.8 Å². The lowest BCUT2D eigenvalue weighted by atomic mass is 9.81. The van der Waals surface area contributed by atoms with Crippen LogP contribution in [0.5, 0.6) is 0 Å². The van der Waals surface area contributed by atoms with Crippen molar-refractivity contribution in [1.29, 1.82) is 0 Å². The van der Waals surface area contributed by atoms with Crippen molar-refractivity contribution in [1.82, 2.24) is 0 Å². The highest BCUT2D eigenvalue weighted by molar-refractivity contribution is 5.40. The molecule has 0 aliphatic heterocycles. The summed E-state index contributed by atoms with van der Waals surface area (Å²) in [6.07, 6.45) is 12.2. The molecule has 2 aliphatic rings. The fraction of sp³-hybridized carbons (Fsp3) is 0.500. The van der Waals surface area contributed by atoms with Gasteiger partial charge in [0.2, 0.25) is 0 Å². The van der Waals surface area contributed by atoms with Gasteiger partial charge in [-0.3, -0.25) is 0 Å². The molecule has 0 radical (unpaired) electrons. The van der Waals surface area contributed by atoms with Crippen molar-refractivity contribution in [2.75, 3.05) is 0 Å². The smallest absolute Gasteiger partial charge is 0.0400 e. The summed E-state index contributed by atoms with van der Waals surface area (Å²) >= 11 is 0. The van der Waals surface area contributed by atoms with Crippen LogP contribution in [-0.2, 0) is 25.7 Å². The van der Waals surface area contributed by atoms with E-state index in [0.29, 0.717) is 0 Å². The van der Waals surface area contributed by atoms with Gasteiger partial charge in [0, 0.05) is 0 Å². The Morgan fingerprint density at radius 1 is 1.05 bits per heavy atom. The molecule has 0 unspecified atom stereocenters. The lowest BCUT2D eigenvalue weighted by molar-refractivity contribution is 0.522. The largest absolute Gasteiger partial charge is 0.210 e. The highest BCUT2D eigenvalue weighted by Crippen LogP contribution is 2.36. The summed E-state index contributed by atoms with van der Waals surface area (Å²) < 4.78 is 0. The zero-order valence-electron chi connectivity index (χ0n) is 12.3. The van der Waals surface area contributed by atoms with Crippen molar-refractivity contribution >= 4 is 0 Å². The van der Waals surface area contributed by atoms with Crippen LogP contribution in [0.3, 0.4) is 0 Å². The van der Waals surface area contributed by atoms with Crippen LogP contribution in [0.2, 0.25) is 0 Å². The molecule has 0 fully saturated rings. The molecule has 2 aromatic carbocycles. The van der Waals surface area contributed by atoms with Gasteiger partial charge >= 0.3 is 0 Å². The Balaban J connectivity index is 1.48. The zero-order valence-corrected chi connectivity index (χ0v) is 12.3. The fourth-order valence-electron chi connectivity index (χ4n) is 4.44. The van der Waals surface area contributed by atoms with Gasteiger partial charge in [-0.05, 0) is 12.3 Å². The average molecular weight is 264 g/mol. The molecule has 0 aromatic heterocycles. The maximum atomic E-state index is 2.42. The van der Waals surface area contributed by atoms with Crippen LogP contribution in [0.4, 0.5) is 0 Å². The summed E-state index contributed by atoms with van der Waals surface area (Å²) in [5.74, 6) is 0.822. The van der Waals surface area contributed by atoms with Gasteiger partial charge in [-0.25, -0.2) is 12.1 Å².